The Bertz CT molecular complexity index is 407. The van der Waals surface area contributed by atoms with Crippen LogP contribution in [0, 0.1) is 0 Å². The summed E-state index contributed by atoms with van der Waals surface area (Å²) in [7, 11) is 0. The van der Waals surface area contributed by atoms with E-state index in [1.807, 2.05) is 35.2 Å². The van der Waals surface area contributed by atoms with Gasteiger partial charge in [-0.15, -0.1) is 11.8 Å². The number of hydrogen-bond acceptors (Lipinski definition) is 3. The van der Waals surface area contributed by atoms with Gasteiger partial charge in [-0.3, -0.25) is 9.69 Å². The molecular formula is C13H16ClNOS. The second kappa shape index (κ2) is 5.01. The molecule has 17 heavy (non-hydrogen) atoms. The Morgan fingerprint density at radius 1 is 1.47 bits per heavy atom. The average Bonchev–Trinajstić information content (AvgIpc) is 2.53. The van der Waals surface area contributed by atoms with Gasteiger partial charge in [0.25, 0.3) is 0 Å². The highest BCUT2D eigenvalue weighted by molar-refractivity contribution is 8.02. The van der Waals surface area contributed by atoms with Crippen LogP contribution in [-0.2, 0) is 0 Å². The van der Waals surface area contributed by atoms with Crippen molar-refractivity contribution in [3.05, 3.63) is 35.9 Å². The van der Waals surface area contributed by atoms with Crippen LogP contribution >= 0.6 is 23.4 Å². The van der Waals surface area contributed by atoms with Gasteiger partial charge in [-0.05, 0) is 13.8 Å². The number of carbonyl (C=O) groups excluding carboxylic acids is 1. The van der Waals surface area contributed by atoms with E-state index in [2.05, 4.69) is 13.8 Å². The summed E-state index contributed by atoms with van der Waals surface area (Å²) in [6.45, 7) is 5.55. The minimum atomic E-state index is -0.0994. The van der Waals surface area contributed by atoms with E-state index in [-0.39, 0.29) is 15.4 Å². The Kier molecular flexibility index (Phi) is 3.81. The minimum absolute atomic E-state index is 0.0994. The summed E-state index contributed by atoms with van der Waals surface area (Å²) in [6.07, 6.45) is 0. The lowest BCUT2D eigenvalue weighted by molar-refractivity contribution is 0.0939. The zero-order valence-corrected chi connectivity index (χ0v) is 11.6. The van der Waals surface area contributed by atoms with Crippen molar-refractivity contribution in [1.29, 1.82) is 0 Å². The first-order valence-corrected chi connectivity index (χ1v) is 6.94. The van der Waals surface area contributed by atoms with Crippen molar-refractivity contribution in [2.75, 3.05) is 13.1 Å². The summed E-state index contributed by atoms with van der Waals surface area (Å²) in [4.78, 5) is 14.0. The maximum absolute atomic E-state index is 12.0. The third-order valence-corrected chi connectivity index (χ3v) is 4.53. The monoisotopic (exact) mass is 269 g/mol. The molecule has 0 spiro atoms. The SMILES string of the molecule is CC1(C)CN(CC(=O)c2ccccc2)C(Cl)S1. The molecule has 4 heteroatoms. The van der Waals surface area contributed by atoms with E-state index in [0.29, 0.717) is 6.54 Å². The molecule has 0 radical (unpaired) electrons. The fourth-order valence-electron chi connectivity index (χ4n) is 1.96. The first-order chi connectivity index (χ1) is 7.98. The lowest BCUT2D eigenvalue weighted by Gasteiger charge is -2.18. The molecule has 1 fully saturated rings. The quantitative estimate of drug-likeness (QED) is 0.477. The Morgan fingerprint density at radius 2 is 2.12 bits per heavy atom. The molecule has 2 nitrogen and oxygen atoms in total. The number of carbonyl (C=O) groups is 1. The Hall–Kier alpha value is -0.510. The van der Waals surface area contributed by atoms with Crippen LogP contribution in [-0.4, -0.2) is 33.4 Å². The normalized spacial score (nSPS) is 23.8. The van der Waals surface area contributed by atoms with Crippen LogP contribution in [0.25, 0.3) is 0 Å². The average molecular weight is 270 g/mol. The van der Waals surface area contributed by atoms with Crippen molar-refractivity contribution in [2.24, 2.45) is 0 Å². The molecule has 1 atom stereocenters. The van der Waals surface area contributed by atoms with Gasteiger partial charge in [-0.25, -0.2) is 0 Å². The number of halogens is 1. The first kappa shape index (κ1) is 12.9. The Balaban J connectivity index is 2.01. The highest BCUT2D eigenvalue weighted by atomic mass is 35.5. The maximum Gasteiger partial charge on any atom is 0.176 e. The third-order valence-electron chi connectivity index (χ3n) is 2.73. The minimum Gasteiger partial charge on any atom is -0.293 e. The summed E-state index contributed by atoms with van der Waals surface area (Å²) in [5.41, 5.74) is 0.756. The predicted molar refractivity (Wildman–Crippen MR) is 73.7 cm³/mol. The molecule has 0 amide bonds. The summed E-state index contributed by atoms with van der Waals surface area (Å²) >= 11 is 7.94. The fraction of sp³-hybridized carbons (Fsp3) is 0.462. The molecule has 1 unspecified atom stereocenters. The molecule has 0 bridgehead atoms. The van der Waals surface area contributed by atoms with Crippen molar-refractivity contribution < 1.29 is 4.79 Å². The van der Waals surface area contributed by atoms with Crippen LogP contribution in [0.15, 0.2) is 30.3 Å². The van der Waals surface area contributed by atoms with E-state index in [1.54, 1.807) is 11.8 Å². The number of thioether (sulfide) groups is 1. The van der Waals surface area contributed by atoms with E-state index in [1.165, 1.54) is 0 Å². The van der Waals surface area contributed by atoms with Crippen LogP contribution < -0.4 is 0 Å². The molecule has 1 saturated heterocycles. The molecule has 1 aliphatic rings. The molecule has 0 N–H and O–H groups in total. The maximum atomic E-state index is 12.0. The zero-order chi connectivity index (χ0) is 12.5. The standard InChI is InChI=1S/C13H16ClNOS/c1-13(2)9-15(12(14)17-13)8-11(16)10-6-4-3-5-7-10/h3-7,12H,8-9H2,1-2H3. The van der Waals surface area contributed by atoms with E-state index < -0.39 is 0 Å². The van der Waals surface area contributed by atoms with Gasteiger partial charge in [-0.2, -0.15) is 0 Å². The van der Waals surface area contributed by atoms with Crippen molar-refractivity contribution in [3.8, 4) is 0 Å². The summed E-state index contributed by atoms with van der Waals surface area (Å²) in [5, 5.41) is 0. The second-order valence-electron chi connectivity index (χ2n) is 4.86. The molecule has 1 aliphatic heterocycles. The van der Waals surface area contributed by atoms with Crippen molar-refractivity contribution in [1.82, 2.24) is 4.90 Å². The number of hydrogen-bond donors (Lipinski definition) is 0. The second-order valence-corrected chi connectivity index (χ2v) is 7.32. The third kappa shape index (κ3) is 3.24. The smallest absolute Gasteiger partial charge is 0.176 e. The Morgan fingerprint density at radius 3 is 2.65 bits per heavy atom. The van der Waals surface area contributed by atoms with E-state index in [0.717, 1.165) is 12.1 Å². The van der Waals surface area contributed by atoms with Gasteiger partial charge < -0.3 is 0 Å². The lowest BCUT2D eigenvalue weighted by Crippen LogP contribution is -2.33. The highest BCUT2D eigenvalue weighted by Gasteiger charge is 2.37. The van der Waals surface area contributed by atoms with Crippen LogP contribution in [0.5, 0.6) is 0 Å². The number of benzene rings is 1. The number of ketones is 1. The van der Waals surface area contributed by atoms with Crippen LogP contribution in [0.3, 0.4) is 0 Å². The Labute approximate surface area is 111 Å². The fourth-order valence-corrected chi connectivity index (χ4v) is 3.89. The van der Waals surface area contributed by atoms with Crippen LogP contribution in [0.1, 0.15) is 24.2 Å². The molecule has 2 rings (SSSR count). The first-order valence-electron chi connectivity index (χ1n) is 5.62. The summed E-state index contributed by atoms with van der Waals surface area (Å²) in [5.74, 6) is 0.134. The van der Waals surface area contributed by atoms with E-state index >= 15 is 0 Å². The van der Waals surface area contributed by atoms with Gasteiger partial charge in [0.2, 0.25) is 0 Å². The zero-order valence-electron chi connectivity index (χ0n) is 10.0. The molecular weight excluding hydrogens is 254 g/mol. The van der Waals surface area contributed by atoms with Crippen LogP contribution in [0.2, 0.25) is 0 Å². The number of rotatable bonds is 3. The summed E-state index contributed by atoms with van der Waals surface area (Å²) < 4.78 is 0.128. The number of Topliss-reactive ketones (excluding diaryl/α,β-unsaturated/α-hetero) is 1. The van der Waals surface area contributed by atoms with Crippen molar-refractivity contribution in [2.45, 2.75) is 23.4 Å². The highest BCUT2D eigenvalue weighted by Crippen LogP contribution is 2.40. The molecule has 0 saturated carbocycles. The van der Waals surface area contributed by atoms with Crippen molar-refractivity contribution in [3.63, 3.8) is 0 Å². The molecule has 0 aliphatic carbocycles. The molecule has 1 aromatic rings. The topological polar surface area (TPSA) is 20.3 Å². The van der Waals surface area contributed by atoms with Gasteiger partial charge in [-0.1, -0.05) is 41.9 Å². The molecule has 1 heterocycles. The van der Waals surface area contributed by atoms with E-state index in [4.69, 9.17) is 11.6 Å². The number of alkyl halides is 1. The summed E-state index contributed by atoms with van der Waals surface area (Å²) in [6, 6.07) is 9.37. The van der Waals surface area contributed by atoms with Crippen molar-refractivity contribution >= 4 is 29.1 Å². The van der Waals surface area contributed by atoms with Crippen LogP contribution in [0.4, 0.5) is 0 Å². The lowest BCUT2D eigenvalue weighted by atomic mass is 10.1. The molecule has 0 aromatic heterocycles. The van der Waals surface area contributed by atoms with Gasteiger partial charge in [0.1, 0.15) is 4.83 Å². The molecule has 92 valence electrons. The predicted octanol–water partition coefficient (Wildman–Crippen LogP) is 3.22. The molecule has 1 aromatic carbocycles. The van der Waals surface area contributed by atoms with Gasteiger partial charge >= 0.3 is 0 Å². The van der Waals surface area contributed by atoms with Gasteiger partial charge in [0.05, 0.1) is 6.54 Å². The van der Waals surface area contributed by atoms with E-state index in [9.17, 15) is 4.79 Å². The van der Waals surface area contributed by atoms with Gasteiger partial charge in [0, 0.05) is 16.9 Å². The van der Waals surface area contributed by atoms with Gasteiger partial charge in [0.15, 0.2) is 5.78 Å². The number of nitrogens with zero attached hydrogens (tertiary/aromatic N) is 1. The largest absolute Gasteiger partial charge is 0.293 e.